The van der Waals surface area contributed by atoms with Gasteiger partial charge in [-0.3, -0.25) is 4.99 Å². The zero-order valence-electron chi connectivity index (χ0n) is 15.5. The smallest absolute Gasteiger partial charge is 0.227 e. The number of rotatable bonds is 3. The molecule has 0 amide bonds. The van der Waals surface area contributed by atoms with Crippen molar-refractivity contribution in [1.29, 1.82) is 0 Å². The Hall–Kier alpha value is -2.90. The van der Waals surface area contributed by atoms with Crippen molar-refractivity contribution >= 4 is 68.0 Å². The van der Waals surface area contributed by atoms with Gasteiger partial charge in [0.2, 0.25) is 5.89 Å². The molecule has 30 heavy (non-hydrogen) atoms. The van der Waals surface area contributed by atoms with Crippen LogP contribution in [0.15, 0.2) is 82.2 Å². The summed E-state index contributed by atoms with van der Waals surface area (Å²) in [5, 5.41) is 13.1. The van der Waals surface area contributed by atoms with E-state index in [2.05, 4.69) is 34.2 Å². The van der Waals surface area contributed by atoms with Crippen molar-refractivity contribution in [2.45, 2.75) is 0 Å². The molecule has 0 atom stereocenters. The normalized spacial score (nSPS) is 11.7. The number of hydrogen-bond donors (Lipinski definition) is 1. The zero-order valence-corrected chi connectivity index (χ0v) is 18.4. The fourth-order valence-corrected chi connectivity index (χ4v) is 4.33. The van der Waals surface area contributed by atoms with Crippen LogP contribution < -0.4 is 0 Å². The Bertz CT molecular complexity index is 1440. The third-order valence-corrected chi connectivity index (χ3v) is 5.82. The number of oxazole rings is 1. The molecular formula is C24H14ClIN2O2. The van der Waals surface area contributed by atoms with Crippen molar-refractivity contribution in [2.24, 2.45) is 4.99 Å². The molecule has 0 saturated heterocycles. The van der Waals surface area contributed by atoms with Crippen LogP contribution in [0.5, 0.6) is 5.75 Å². The van der Waals surface area contributed by atoms with Gasteiger partial charge < -0.3 is 9.52 Å². The first-order valence-electron chi connectivity index (χ1n) is 9.19. The van der Waals surface area contributed by atoms with E-state index in [4.69, 9.17) is 16.0 Å². The summed E-state index contributed by atoms with van der Waals surface area (Å²) in [4.78, 5) is 9.10. The van der Waals surface area contributed by atoms with E-state index in [0.29, 0.717) is 31.3 Å². The third kappa shape index (κ3) is 3.66. The molecule has 0 aliphatic carbocycles. The molecule has 146 valence electrons. The lowest BCUT2D eigenvalue weighted by atomic mass is 10.1. The van der Waals surface area contributed by atoms with Gasteiger partial charge in [0, 0.05) is 22.4 Å². The fourth-order valence-electron chi connectivity index (χ4n) is 3.27. The number of aromatic hydroxyl groups is 1. The SMILES string of the molecule is Oc1c(I)cc(Cl)cc1C=Nc1ccc2oc(-c3ccc4ccccc4c3)nc2c1. The molecule has 1 aromatic heterocycles. The zero-order chi connectivity index (χ0) is 20.7. The van der Waals surface area contributed by atoms with Crippen LogP contribution in [0, 0.1) is 3.57 Å². The highest BCUT2D eigenvalue weighted by Crippen LogP contribution is 2.30. The molecule has 0 saturated carbocycles. The van der Waals surface area contributed by atoms with Crippen molar-refractivity contribution in [3.63, 3.8) is 0 Å². The molecule has 5 aromatic rings. The van der Waals surface area contributed by atoms with Crippen LogP contribution >= 0.6 is 34.2 Å². The van der Waals surface area contributed by atoms with E-state index in [1.165, 1.54) is 5.39 Å². The van der Waals surface area contributed by atoms with E-state index >= 15 is 0 Å². The number of phenols is 1. The summed E-state index contributed by atoms with van der Waals surface area (Å²) < 4.78 is 6.62. The standard InChI is InChI=1S/C24H14ClIN2O2/c25-18-10-17(23(29)20(26)11-18)13-27-19-7-8-22-21(12-19)28-24(30-22)16-6-5-14-3-1-2-4-15(14)9-16/h1-13,29H. The first-order valence-corrected chi connectivity index (χ1v) is 10.6. The number of hydrogen-bond acceptors (Lipinski definition) is 4. The van der Waals surface area contributed by atoms with E-state index in [9.17, 15) is 5.11 Å². The Labute approximate surface area is 191 Å². The van der Waals surface area contributed by atoms with Gasteiger partial charge in [0.15, 0.2) is 5.58 Å². The molecule has 0 spiro atoms. The van der Waals surface area contributed by atoms with Crippen molar-refractivity contribution < 1.29 is 9.52 Å². The van der Waals surface area contributed by atoms with Gasteiger partial charge in [-0.25, -0.2) is 4.98 Å². The van der Waals surface area contributed by atoms with Crippen LogP contribution in [0.4, 0.5) is 5.69 Å². The molecule has 4 aromatic carbocycles. The van der Waals surface area contributed by atoms with Gasteiger partial charge in [-0.15, -0.1) is 0 Å². The van der Waals surface area contributed by atoms with Gasteiger partial charge in [0.1, 0.15) is 11.3 Å². The molecule has 0 aliphatic rings. The molecule has 0 unspecified atom stereocenters. The van der Waals surface area contributed by atoms with E-state index in [1.54, 1.807) is 18.3 Å². The molecule has 0 fully saturated rings. The Kier molecular flexibility index (Phi) is 4.92. The molecule has 1 heterocycles. The van der Waals surface area contributed by atoms with Gasteiger partial charge >= 0.3 is 0 Å². The predicted molar refractivity (Wildman–Crippen MR) is 130 cm³/mol. The molecule has 1 N–H and O–H groups in total. The summed E-state index contributed by atoms with van der Waals surface area (Å²) in [6.45, 7) is 0. The highest BCUT2D eigenvalue weighted by Gasteiger charge is 2.10. The Morgan fingerprint density at radius 2 is 1.80 bits per heavy atom. The highest BCUT2D eigenvalue weighted by atomic mass is 127. The largest absolute Gasteiger partial charge is 0.506 e. The highest BCUT2D eigenvalue weighted by molar-refractivity contribution is 14.1. The van der Waals surface area contributed by atoms with Crippen molar-refractivity contribution in [2.75, 3.05) is 0 Å². The minimum absolute atomic E-state index is 0.157. The first-order chi connectivity index (χ1) is 14.6. The van der Waals surface area contributed by atoms with Crippen LogP contribution in [-0.4, -0.2) is 16.3 Å². The summed E-state index contributed by atoms with van der Waals surface area (Å²) in [5.74, 6) is 0.726. The Morgan fingerprint density at radius 1 is 0.967 bits per heavy atom. The van der Waals surface area contributed by atoms with Crippen LogP contribution in [-0.2, 0) is 0 Å². The summed E-state index contributed by atoms with van der Waals surface area (Å²) in [6.07, 6.45) is 1.59. The van der Waals surface area contributed by atoms with Crippen LogP contribution in [0.3, 0.4) is 0 Å². The predicted octanol–water partition coefficient (Wildman–Crippen LogP) is 7.36. The number of phenolic OH excluding ortho intramolecular Hbond substituents is 1. The van der Waals surface area contributed by atoms with Crippen LogP contribution in [0.1, 0.15) is 5.56 Å². The second-order valence-electron chi connectivity index (χ2n) is 6.82. The summed E-state index contributed by atoms with van der Waals surface area (Å²) in [6, 6.07) is 23.3. The topological polar surface area (TPSA) is 58.6 Å². The summed E-state index contributed by atoms with van der Waals surface area (Å²) >= 11 is 8.12. The van der Waals surface area contributed by atoms with Gasteiger partial charge in [-0.2, -0.15) is 0 Å². The number of aromatic nitrogens is 1. The minimum atomic E-state index is 0.157. The second kappa shape index (κ2) is 7.74. The minimum Gasteiger partial charge on any atom is -0.506 e. The van der Waals surface area contributed by atoms with E-state index in [1.807, 2.05) is 59.0 Å². The molecule has 0 bridgehead atoms. The number of benzene rings is 4. The van der Waals surface area contributed by atoms with Gasteiger partial charge in [0.05, 0.1) is 9.26 Å². The first kappa shape index (κ1) is 19.1. The number of halogens is 2. The molecule has 4 nitrogen and oxygen atoms in total. The lowest BCUT2D eigenvalue weighted by molar-refractivity contribution is 0.470. The number of nitrogens with zero attached hydrogens (tertiary/aromatic N) is 2. The third-order valence-electron chi connectivity index (χ3n) is 4.78. The van der Waals surface area contributed by atoms with E-state index < -0.39 is 0 Å². The summed E-state index contributed by atoms with van der Waals surface area (Å²) in [7, 11) is 0. The summed E-state index contributed by atoms with van der Waals surface area (Å²) in [5.41, 5.74) is 3.60. The van der Waals surface area contributed by atoms with E-state index in [-0.39, 0.29) is 5.75 Å². The van der Waals surface area contributed by atoms with Crippen molar-refractivity contribution in [1.82, 2.24) is 4.98 Å². The van der Waals surface area contributed by atoms with Crippen LogP contribution in [0.2, 0.25) is 5.02 Å². The van der Waals surface area contributed by atoms with E-state index in [0.717, 1.165) is 16.5 Å². The van der Waals surface area contributed by atoms with Gasteiger partial charge in [-0.1, -0.05) is 41.9 Å². The van der Waals surface area contributed by atoms with Crippen LogP contribution in [0.25, 0.3) is 33.3 Å². The second-order valence-corrected chi connectivity index (χ2v) is 8.42. The molecular weight excluding hydrogens is 511 g/mol. The Balaban J connectivity index is 1.49. The molecule has 5 rings (SSSR count). The average molecular weight is 525 g/mol. The molecule has 0 radical (unpaired) electrons. The maximum Gasteiger partial charge on any atom is 0.227 e. The lowest BCUT2D eigenvalue weighted by Gasteiger charge is -2.02. The van der Waals surface area contributed by atoms with Crippen molar-refractivity contribution in [3.8, 4) is 17.2 Å². The monoisotopic (exact) mass is 524 g/mol. The lowest BCUT2D eigenvalue weighted by Crippen LogP contribution is -1.86. The molecule has 6 heteroatoms. The number of aliphatic imine (C=N–C) groups is 1. The van der Waals surface area contributed by atoms with Gasteiger partial charge in [-0.05, 0) is 75.8 Å². The van der Waals surface area contributed by atoms with Gasteiger partial charge in [0.25, 0.3) is 0 Å². The van der Waals surface area contributed by atoms with Crippen molar-refractivity contribution in [3.05, 3.63) is 87.0 Å². The average Bonchev–Trinajstić information content (AvgIpc) is 3.18. The molecule has 0 aliphatic heterocycles. The number of fused-ring (bicyclic) bond motifs is 2. The Morgan fingerprint density at radius 3 is 2.67 bits per heavy atom. The maximum atomic E-state index is 10.2. The fraction of sp³-hybridized carbons (Fsp3) is 0. The maximum absolute atomic E-state index is 10.2. The quantitative estimate of drug-likeness (QED) is 0.198.